The van der Waals surface area contributed by atoms with E-state index in [0.717, 1.165) is 18.7 Å². The maximum atomic E-state index is 12.7. The highest BCUT2D eigenvalue weighted by atomic mass is 16.1. The molecule has 110 valence electrons. The standard InChI is InChI=1S/C18H17N3O/c22-18(15-6-2-1-3-7-15)17-14-19-11-13-21(17)12-9-16-8-4-5-10-20-16/h1-8,10,17,19H,11,13-14H2. The van der Waals surface area contributed by atoms with Crippen LogP contribution in [0.5, 0.6) is 0 Å². The lowest BCUT2D eigenvalue weighted by Gasteiger charge is -2.32. The van der Waals surface area contributed by atoms with Crippen molar-refractivity contribution in [2.24, 2.45) is 0 Å². The SMILES string of the molecule is O=C(c1ccccc1)C1CNCCN1C#Cc1ccccn1. The molecular weight excluding hydrogens is 274 g/mol. The molecule has 4 nitrogen and oxygen atoms in total. The van der Waals surface area contributed by atoms with Crippen molar-refractivity contribution < 1.29 is 4.79 Å². The molecule has 0 amide bonds. The molecule has 1 aliphatic rings. The van der Waals surface area contributed by atoms with Crippen LogP contribution in [0.2, 0.25) is 0 Å². The number of ketones is 1. The Balaban J connectivity index is 1.80. The van der Waals surface area contributed by atoms with Gasteiger partial charge in [-0.05, 0) is 18.1 Å². The molecule has 0 aliphatic carbocycles. The molecule has 3 rings (SSSR count). The van der Waals surface area contributed by atoms with Crippen LogP contribution in [0.3, 0.4) is 0 Å². The monoisotopic (exact) mass is 291 g/mol. The van der Waals surface area contributed by atoms with Crippen LogP contribution in [0.25, 0.3) is 0 Å². The van der Waals surface area contributed by atoms with Crippen molar-refractivity contribution in [2.45, 2.75) is 6.04 Å². The summed E-state index contributed by atoms with van der Waals surface area (Å²) in [5, 5.41) is 3.27. The average Bonchev–Trinajstić information content (AvgIpc) is 2.61. The zero-order chi connectivity index (χ0) is 15.2. The van der Waals surface area contributed by atoms with E-state index in [4.69, 9.17) is 0 Å². The van der Waals surface area contributed by atoms with Crippen molar-refractivity contribution in [1.29, 1.82) is 0 Å². The minimum atomic E-state index is -0.257. The molecule has 0 bridgehead atoms. The molecule has 4 heteroatoms. The van der Waals surface area contributed by atoms with Gasteiger partial charge in [0.05, 0.1) is 0 Å². The number of carbonyl (C=O) groups excluding carboxylic acids is 1. The first kappa shape index (κ1) is 14.3. The summed E-state index contributed by atoms with van der Waals surface area (Å²) in [6.45, 7) is 2.17. The van der Waals surface area contributed by atoms with Crippen molar-refractivity contribution in [1.82, 2.24) is 15.2 Å². The van der Waals surface area contributed by atoms with E-state index in [1.807, 2.05) is 53.4 Å². The number of nitrogens with zero attached hydrogens (tertiary/aromatic N) is 2. The van der Waals surface area contributed by atoms with Gasteiger partial charge in [0.25, 0.3) is 0 Å². The highest BCUT2D eigenvalue weighted by Crippen LogP contribution is 2.10. The fourth-order valence-corrected chi connectivity index (χ4v) is 2.43. The van der Waals surface area contributed by atoms with Crippen molar-refractivity contribution in [3.05, 3.63) is 66.0 Å². The number of carbonyl (C=O) groups is 1. The Morgan fingerprint density at radius 2 is 2.00 bits per heavy atom. The third-order valence-electron chi connectivity index (χ3n) is 3.60. The summed E-state index contributed by atoms with van der Waals surface area (Å²) in [5.41, 5.74) is 1.44. The molecule has 2 aromatic rings. The molecule has 0 spiro atoms. The maximum Gasteiger partial charge on any atom is 0.187 e. The van der Waals surface area contributed by atoms with Gasteiger partial charge < -0.3 is 10.2 Å². The van der Waals surface area contributed by atoms with Crippen LogP contribution in [-0.4, -0.2) is 41.3 Å². The predicted molar refractivity (Wildman–Crippen MR) is 85.3 cm³/mol. The van der Waals surface area contributed by atoms with Crippen molar-refractivity contribution in [2.75, 3.05) is 19.6 Å². The molecule has 1 aliphatic heterocycles. The van der Waals surface area contributed by atoms with E-state index >= 15 is 0 Å². The van der Waals surface area contributed by atoms with E-state index in [-0.39, 0.29) is 11.8 Å². The zero-order valence-electron chi connectivity index (χ0n) is 12.2. The first-order chi connectivity index (χ1) is 10.8. The van der Waals surface area contributed by atoms with Gasteiger partial charge in [0.2, 0.25) is 0 Å². The van der Waals surface area contributed by atoms with Gasteiger partial charge in [-0.25, -0.2) is 4.98 Å². The fraction of sp³-hybridized carbons (Fsp3) is 0.222. The van der Waals surface area contributed by atoms with Crippen LogP contribution in [-0.2, 0) is 0 Å². The molecule has 1 fully saturated rings. The Morgan fingerprint density at radius 1 is 1.18 bits per heavy atom. The largest absolute Gasteiger partial charge is 0.319 e. The van der Waals surface area contributed by atoms with Crippen LogP contribution < -0.4 is 5.32 Å². The lowest BCUT2D eigenvalue weighted by molar-refractivity contribution is 0.0856. The van der Waals surface area contributed by atoms with Crippen molar-refractivity contribution in [3.63, 3.8) is 0 Å². The van der Waals surface area contributed by atoms with E-state index in [2.05, 4.69) is 22.3 Å². The van der Waals surface area contributed by atoms with Gasteiger partial charge in [0, 0.05) is 37.4 Å². The number of benzene rings is 1. The number of nitrogens with one attached hydrogen (secondary N) is 1. The second-order valence-electron chi connectivity index (χ2n) is 5.10. The van der Waals surface area contributed by atoms with Crippen molar-refractivity contribution >= 4 is 5.78 Å². The number of pyridine rings is 1. The molecule has 1 N–H and O–H groups in total. The Labute approximate surface area is 130 Å². The van der Waals surface area contributed by atoms with E-state index < -0.39 is 0 Å². The quantitative estimate of drug-likeness (QED) is 0.673. The summed E-state index contributed by atoms with van der Waals surface area (Å²) in [6.07, 6.45) is 1.72. The van der Waals surface area contributed by atoms with Gasteiger partial charge in [-0.1, -0.05) is 36.4 Å². The molecule has 0 saturated carbocycles. The fourth-order valence-electron chi connectivity index (χ4n) is 2.43. The number of rotatable bonds is 2. The maximum absolute atomic E-state index is 12.7. The molecule has 0 radical (unpaired) electrons. The Morgan fingerprint density at radius 3 is 2.77 bits per heavy atom. The Bertz CT molecular complexity index is 689. The molecule has 1 aromatic carbocycles. The third kappa shape index (κ3) is 3.33. The minimum absolute atomic E-state index is 0.100. The predicted octanol–water partition coefficient (Wildman–Crippen LogP) is 1.55. The molecule has 1 atom stereocenters. The van der Waals surface area contributed by atoms with E-state index in [1.54, 1.807) is 6.20 Å². The van der Waals surface area contributed by atoms with Crippen LogP contribution >= 0.6 is 0 Å². The number of hydrogen-bond acceptors (Lipinski definition) is 4. The molecule has 22 heavy (non-hydrogen) atoms. The number of hydrogen-bond donors (Lipinski definition) is 1. The number of aromatic nitrogens is 1. The van der Waals surface area contributed by atoms with Gasteiger partial charge in [-0.2, -0.15) is 0 Å². The second-order valence-corrected chi connectivity index (χ2v) is 5.10. The summed E-state index contributed by atoms with van der Waals surface area (Å²) >= 11 is 0. The lowest BCUT2D eigenvalue weighted by atomic mass is 10.0. The van der Waals surface area contributed by atoms with Gasteiger partial charge in [0.1, 0.15) is 11.7 Å². The van der Waals surface area contributed by atoms with Gasteiger partial charge >= 0.3 is 0 Å². The van der Waals surface area contributed by atoms with E-state index in [0.29, 0.717) is 12.2 Å². The highest BCUT2D eigenvalue weighted by Gasteiger charge is 2.27. The van der Waals surface area contributed by atoms with E-state index in [1.165, 1.54) is 0 Å². The van der Waals surface area contributed by atoms with Crippen LogP contribution in [0, 0.1) is 12.0 Å². The molecule has 2 heterocycles. The van der Waals surface area contributed by atoms with Gasteiger partial charge in [0.15, 0.2) is 5.78 Å². The highest BCUT2D eigenvalue weighted by molar-refractivity contribution is 6.00. The summed E-state index contributed by atoms with van der Waals surface area (Å²) in [5.74, 6) is 3.14. The Kier molecular flexibility index (Phi) is 4.47. The summed E-state index contributed by atoms with van der Waals surface area (Å²) in [4.78, 5) is 18.8. The van der Waals surface area contributed by atoms with Gasteiger partial charge in [-0.15, -0.1) is 0 Å². The number of piperazine rings is 1. The average molecular weight is 291 g/mol. The Hall–Kier alpha value is -2.64. The lowest BCUT2D eigenvalue weighted by Crippen LogP contribution is -2.52. The molecule has 1 unspecified atom stereocenters. The van der Waals surface area contributed by atoms with Crippen LogP contribution in [0.1, 0.15) is 16.1 Å². The minimum Gasteiger partial charge on any atom is -0.319 e. The molecular formula is C18H17N3O. The first-order valence-corrected chi connectivity index (χ1v) is 7.34. The van der Waals surface area contributed by atoms with Crippen LogP contribution in [0.4, 0.5) is 0 Å². The number of Topliss-reactive ketones (excluding diaryl/α,β-unsaturated/α-hetero) is 1. The first-order valence-electron chi connectivity index (χ1n) is 7.34. The second kappa shape index (κ2) is 6.88. The zero-order valence-corrected chi connectivity index (χ0v) is 12.2. The normalized spacial score (nSPS) is 17.5. The van der Waals surface area contributed by atoms with Gasteiger partial charge in [-0.3, -0.25) is 4.79 Å². The molecule has 1 saturated heterocycles. The summed E-state index contributed by atoms with van der Waals surface area (Å²) in [6, 6.07) is 17.8. The van der Waals surface area contributed by atoms with Crippen LogP contribution in [0.15, 0.2) is 54.7 Å². The summed E-state index contributed by atoms with van der Waals surface area (Å²) < 4.78 is 0. The van der Waals surface area contributed by atoms with E-state index in [9.17, 15) is 4.79 Å². The topological polar surface area (TPSA) is 45.2 Å². The molecule has 1 aromatic heterocycles. The third-order valence-corrected chi connectivity index (χ3v) is 3.60. The van der Waals surface area contributed by atoms with Crippen molar-refractivity contribution in [3.8, 4) is 12.0 Å². The summed E-state index contributed by atoms with van der Waals surface area (Å²) in [7, 11) is 0. The smallest absolute Gasteiger partial charge is 0.187 e.